The molecule has 2 fully saturated rings. The minimum atomic E-state index is 0. The van der Waals surface area contributed by atoms with E-state index in [1.54, 1.807) is 0 Å². The molecule has 3 atom stereocenters. The molecule has 0 heterocycles. The highest BCUT2D eigenvalue weighted by Gasteiger charge is 2.72. The summed E-state index contributed by atoms with van der Waals surface area (Å²) in [5, 5.41) is 0. The smallest absolute Gasteiger partial charge is 0.0263 e. The van der Waals surface area contributed by atoms with Crippen LogP contribution in [0.25, 0.3) is 0 Å². The number of rotatable bonds is 0. The predicted octanol–water partition coefficient (Wildman–Crippen LogP) is 1.82. The van der Waals surface area contributed by atoms with Crippen molar-refractivity contribution in [3.05, 3.63) is 0 Å². The second-order valence-electron chi connectivity index (χ2n) is 3.11. The predicted molar refractivity (Wildman–Crippen MR) is 30.4 cm³/mol. The van der Waals surface area contributed by atoms with Crippen LogP contribution in [0.15, 0.2) is 0 Å². The van der Waals surface area contributed by atoms with Crippen LogP contribution >= 0.6 is 0 Å². The molecule has 1 nitrogen and oxygen atoms in total. The number of fused-ring (bicyclic) bond motifs is 1. The Labute approximate surface area is 44.7 Å². The molecule has 0 amide bonds. The average molecular weight is 99.2 g/mol. The highest BCUT2D eigenvalue weighted by Crippen LogP contribution is 2.79. The maximum absolute atomic E-state index is 2.39. The fourth-order valence-electron chi connectivity index (χ4n) is 1.53. The lowest BCUT2D eigenvalue weighted by Gasteiger charge is -1.93. The Bertz CT molecular complexity index is 94.4. The Kier molecular flexibility index (Phi) is 0.636. The van der Waals surface area contributed by atoms with E-state index in [1.165, 1.54) is 6.42 Å². The molecule has 7 heavy (non-hydrogen) atoms. The summed E-state index contributed by atoms with van der Waals surface area (Å²) in [5.74, 6) is 2.26. The SMILES string of the molecule is CC1C2CC12C.N. The monoisotopic (exact) mass is 99.1 g/mol. The third-order valence-electron chi connectivity index (χ3n) is 2.88. The Hall–Kier alpha value is -0.0400. The molecule has 2 saturated carbocycles. The summed E-state index contributed by atoms with van der Waals surface area (Å²) < 4.78 is 0. The summed E-state index contributed by atoms with van der Waals surface area (Å²) in [6.07, 6.45) is 1.54. The van der Waals surface area contributed by atoms with Crippen LogP contribution in [0.3, 0.4) is 0 Å². The Balaban J connectivity index is 0.000000245. The van der Waals surface area contributed by atoms with Crippen LogP contribution in [0.2, 0.25) is 0 Å². The van der Waals surface area contributed by atoms with Crippen LogP contribution in [0.1, 0.15) is 20.3 Å². The van der Waals surface area contributed by atoms with E-state index in [0.717, 1.165) is 17.3 Å². The van der Waals surface area contributed by atoms with Gasteiger partial charge in [0.05, 0.1) is 0 Å². The first-order valence-electron chi connectivity index (χ1n) is 2.75. The van der Waals surface area contributed by atoms with Gasteiger partial charge in [0.25, 0.3) is 0 Å². The molecule has 42 valence electrons. The summed E-state index contributed by atoms with van der Waals surface area (Å²) in [7, 11) is 0. The number of hydrogen-bond donors (Lipinski definition) is 1. The van der Waals surface area contributed by atoms with E-state index in [0.29, 0.717) is 0 Å². The van der Waals surface area contributed by atoms with E-state index >= 15 is 0 Å². The van der Waals surface area contributed by atoms with Crippen molar-refractivity contribution in [3.63, 3.8) is 0 Å². The van der Waals surface area contributed by atoms with Crippen molar-refractivity contribution < 1.29 is 0 Å². The molecule has 2 aliphatic carbocycles. The van der Waals surface area contributed by atoms with Gasteiger partial charge in [0.1, 0.15) is 0 Å². The third kappa shape index (κ3) is 0.325. The molecule has 0 aromatic carbocycles. The Morgan fingerprint density at radius 3 is 1.86 bits per heavy atom. The van der Waals surface area contributed by atoms with Crippen LogP contribution in [0.4, 0.5) is 0 Å². The molecule has 0 aliphatic heterocycles. The lowest BCUT2D eigenvalue weighted by molar-refractivity contribution is 0.563. The molecule has 3 N–H and O–H groups in total. The van der Waals surface area contributed by atoms with E-state index in [9.17, 15) is 0 Å². The summed E-state index contributed by atoms with van der Waals surface area (Å²) in [5.41, 5.74) is 0.875. The van der Waals surface area contributed by atoms with Gasteiger partial charge in [0.15, 0.2) is 0 Å². The van der Waals surface area contributed by atoms with Crippen LogP contribution in [0.5, 0.6) is 0 Å². The standard InChI is InChI=1S/C6H10.H3N/c1-4-5-3-6(4,5)2;/h4-5H,3H2,1-2H3;1H3. The van der Waals surface area contributed by atoms with Gasteiger partial charge in [-0.25, -0.2) is 0 Å². The Morgan fingerprint density at radius 2 is 1.86 bits per heavy atom. The van der Waals surface area contributed by atoms with Gasteiger partial charge in [-0.05, 0) is 23.7 Å². The van der Waals surface area contributed by atoms with Gasteiger partial charge in [-0.3, -0.25) is 0 Å². The van der Waals surface area contributed by atoms with E-state index in [2.05, 4.69) is 13.8 Å². The van der Waals surface area contributed by atoms with E-state index < -0.39 is 0 Å². The second-order valence-corrected chi connectivity index (χ2v) is 3.11. The molecule has 0 aromatic rings. The first-order chi connectivity index (χ1) is 2.75. The normalized spacial score (nSPS) is 62.6. The zero-order valence-corrected chi connectivity index (χ0v) is 5.07. The largest absolute Gasteiger partial charge is 0.344 e. The Morgan fingerprint density at radius 1 is 1.57 bits per heavy atom. The van der Waals surface area contributed by atoms with E-state index in [4.69, 9.17) is 0 Å². The van der Waals surface area contributed by atoms with Crippen molar-refractivity contribution in [1.82, 2.24) is 6.15 Å². The highest BCUT2D eigenvalue weighted by atomic mass is 14.8. The fraction of sp³-hybridized carbons (Fsp3) is 1.00. The van der Waals surface area contributed by atoms with Crippen LogP contribution in [0, 0.1) is 17.3 Å². The maximum atomic E-state index is 2.39. The lowest BCUT2D eigenvalue weighted by Crippen LogP contribution is -1.85. The first-order valence-corrected chi connectivity index (χ1v) is 2.75. The molecular formula is C6H13N. The summed E-state index contributed by atoms with van der Waals surface area (Å²) >= 11 is 0. The summed E-state index contributed by atoms with van der Waals surface area (Å²) in [6.45, 7) is 4.75. The highest BCUT2D eigenvalue weighted by molar-refractivity contribution is 5.20. The molecular weight excluding hydrogens is 86.1 g/mol. The molecule has 2 aliphatic rings. The van der Waals surface area contributed by atoms with Crippen LogP contribution in [-0.4, -0.2) is 0 Å². The van der Waals surface area contributed by atoms with Crippen molar-refractivity contribution in [2.45, 2.75) is 20.3 Å². The van der Waals surface area contributed by atoms with Crippen molar-refractivity contribution in [2.24, 2.45) is 17.3 Å². The van der Waals surface area contributed by atoms with Crippen molar-refractivity contribution >= 4 is 0 Å². The van der Waals surface area contributed by atoms with Crippen molar-refractivity contribution in [2.75, 3.05) is 0 Å². The van der Waals surface area contributed by atoms with Gasteiger partial charge >= 0.3 is 0 Å². The quantitative estimate of drug-likeness (QED) is 0.494. The van der Waals surface area contributed by atoms with Gasteiger partial charge in [0, 0.05) is 0 Å². The second kappa shape index (κ2) is 0.873. The van der Waals surface area contributed by atoms with Crippen LogP contribution < -0.4 is 6.15 Å². The number of hydrogen-bond acceptors (Lipinski definition) is 1. The third-order valence-corrected chi connectivity index (χ3v) is 2.88. The molecule has 3 unspecified atom stereocenters. The van der Waals surface area contributed by atoms with Crippen molar-refractivity contribution in [3.8, 4) is 0 Å². The van der Waals surface area contributed by atoms with E-state index in [1.807, 2.05) is 0 Å². The zero-order valence-electron chi connectivity index (χ0n) is 5.07. The molecule has 0 saturated heterocycles. The van der Waals surface area contributed by atoms with Crippen molar-refractivity contribution in [1.29, 1.82) is 0 Å². The van der Waals surface area contributed by atoms with E-state index in [-0.39, 0.29) is 6.15 Å². The molecule has 2 rings (SSSR count). The molecule has 0 aromatic heterocycles. The van der Waals surface area contributed by atoms with Gasteiger partial charge in [-0.15, -0.1) is 0 Å². The molecule has 1 heteroatoms. The lowest BCUT2D eigenvalue weighted by atomic mass is 10.1. The van der Waals surface area contributed by atoms with Gasteiger partial charge in [0.2, 0.25) is 0 Å². The first kappa shape index (κ1) is 5.10. The topological polar surface area (TPSA) is 35.0 Å². The fourth-order valence-corrected chi connectivity index (χ4v) is 1.53. The minimum absolute atomic E-state index is 0. The molecule has 0 bridgehead atoms. The van der Waals surface area contributed by atoms with Gasteiger partial charge < -0.3 is 6.15 Å². The minimum Gasteiger partial charge on any atom is -0.344 e. The average Bonchev–Trinajstić information content (AvgIpc) is 2.24. The molecule has 0 radical (unpaired) electrons. The summed E-state index contributed by atoms with van der Waals surface area (Å²) in [4.78, 5) is 0. The van der Waals surface area contributed by atoms with Gasteiger partial charge in [-0.2, -0.15) is 0 Å². The van der Waals surface area contributed by atoms with Gasteiger partial charge in [-0.1, -0.05) is 13.8 Å². The maximum Gasteiger partial charge on any atom is -0.0263 e. The van der Waals surface area contributed by atoms with Crippen LogP contribution in [-0.2, 0) is 0 Å². The zero-order chi connectivity index (χ0) is 4.36. The molecule has 0 spiro atoms. The summed E-state index contributed by atoms with van der Waals surface area (Å²) in [6, 6.07) is 0.